The van der Waals surface area contributed by atoms with Gasteiger partial charge in [-0.3, -0.25) is 4.79 Å². The lowest BCUT2D eigenvalue weighted by Gasteiger charge is -1.92. The zero-order valence-corrected chi connectivity index (χ0v) is 4.14. The van der Waals surface area contributed by atoms with Crippen molar-refractivity contribution in [2.45, 2.75) is 6.92 Å². The molecule has 0 unspecified atom stereocenters. The van der Waals surface area contributed by atoms with Crippen molar-refractivity contribution in [3.05, 3.63) is 6.54 Å². The van der Waals surface area contributed by atoms with E-state index in [1.807, 2.05) is 0 Å². The van der Waals surface area contributed by atoms with Gasteiger partial charge in [-0.1, -0.05) is 0 Å². The van der Waals surface area contributed by atoms with Gasteiger partial charge in [-0.05, 0) is 6.92 Å². The van der Waals surface area contributed by atoms with Gasteiger partial charge in [0.1, 0.15) is 6.61 Å². The molecule has 0 fully saturated rings. The molecular weight excluding hydrogens is 94.0 g/mol. The third kappa shape index (κ3) is 3.26. The summed E-state index contributed by atoms with van der Waals surface area (Å²) in [6.07, 6.45) is 0. The standard InChI is InChI=1S/C4H8NO2/c1-2-5-4(7)3-6/h2,6H,3H2,1H3,(H,5,7). The average molecular weight is 102 g/mol. The van der Waals surface area contributed by atoms with Crippen LogP contribution < -0.4 is 5.32 Å². The van der Waals surface area contributed by atoms with Crippen molar-refractivity contribution >= 4 is 5.91 Å². The quantitative estimate of drug-likeness (QED) is 0.483. The van der Waals surface area contributed by atoms with E-state index in [0.717, 1.165) is 0 Å². The molecule has 0 atom stereocenters. The number of carbonyl (C=O) groups is 1. The van der Waals surface area contributed by atoms with Crippen molar-refractivity contribution in [2.75, 3.05) is 6.61 Å². The summed E-state index contributed by atoms with van der Waals surface area (Å²) in [5.74, 6) is -0.373. The van der Waals surface area contributed by atoms with Gasteiger partial charge in [-0.2, -0.15) is 0 Å². The molecule has 0 aliphatic rings. The lowest BCUT2D eigenvalue weighted by molar-refractivity contribution is -0.123. The first kappa shape index (κ1) is 6.43. The Labute approximate surface area is 42.3 Å². The number of hydrogen-bond acceptors (Lipinski definition) is 2. The maximum absolute atomic E-state index is 10.0. The van der Waals surface area contributed by atoms with Crippen LogP contribution in [0, 0.1) is 6.54 Å². The van der Waals surface area contributed by atoms with Crippen LogP contribution in [0.2, 0.25) is 0 Å². The van der Waals surface area contributed by atoms with Crippen LogP contribution in [0.15, 0.2) is 0 Å². The number of rotatable bonds is 2. The number of carbonyl (C=O) groups excluding carboxylic acids is 1. The van der Waals surface area contributed by atoms with Gasteiger partial charge in [0, 0.05) is 6.54 Å². The SMILES string of the molecule is C[CH]NC(=O)CO. The van der Waals surface area contributed by atoms with E-state index in [2.05, 4.69) is 5.32 Å². The molecule has 0 aliphatic heterocycles. The summed E-state index contributed by atoms with van der Waals surface area (Å²) in [7, 11) is 0. The first-order chi connectivity index (χ1) is 3.31. The lowest BCUT2D eigenvalue weighted by atomic mass is 10.6. The summed E-state index contributed by atoms with van der Waals surface area (Å²) in [5, 5.41) is 10.3. The molecule has 0 rings (SSSR count). The summed E-state index contributed by atoms with van der Waals surface area (Å²) in [6.45, 7) is 2.70. The fraction of sp³-hybridized carbons (Fsp3) is 0.500. The maximum atomic E-state index is 10.0. The van der Waals surface area contributed by atoms with Crippen molar-refractivity contribution in [3.8, 4) is 0 Å². The number of nitrogens with one attached hydrogen (secondary N) is 1. The van der Waals surface area contributed by atoms with E-state index in [0.29, 0.717) is 0 Å². The van der Waals surface area contributed by atoms with E-state index in [9.17, 15) is 4.79 Å². The molecule has 0 heterocycles. The second-order valence-electron chi connectivity index (χ2n) is 1.01. The summed E-state index contributed by atoms with van der Waals surface area (Å²) >= 11 is 0. The fourth-order valence-corrected chi connectivity index (χ4v) is 0.207. The molecule has 0 bridgehead atoms. The second kappa shape index (κ2) is 3.61. The molecule has 2 N–H and O–H groups in total. The topological polar surface area (TPSA) is 49.3 Å². The van der Waals surface area contributed by atoms with Crippen LogP contribution in [0.25, 0.3) is 0 Å². The van der Waals surface area contributed by atoms with Gasteiger partial charge >= 0.3 is 0 Å². The molecule has 0 saturated heterocycles. The van der Waals surface area contributed by atoms with Crippen molar-refractivity contribution < 1.29 is 9.90 Å². The van der Waals surface area contributed by atoms with Crippen LogP contribution in [-0.4, -0.2) is 17.6 Å². The molecule has 0 aromatic heterocycles. The van der Waals surface area contributed by atoms with E-state index < -0.39 is 6.61 Å². The Morgan fingerprint density at radius 3 is 2.71 bits per heavy atom. The minimum atomic E-state index is -0.440. The molecule has 3 nitrogen and oxygen atoms in total. The third-order valence-electron chi connectivity index (χ3n) is 0.449. The van der Waals surface area contributed by atoms with Crippen LogP contribution in [0.5, 0.6) is 0 Å². The van der Waals surface area contributed by atoms with E-state index in [4.69, 9.17) is 5.11 Å². The molecule has 3 heteroatoms. The smallest absolute Gasteiger partial charge is 0.245 e. The van der Waals surface area contributed by atoms with Crippen molar-refractivity contribution in [1.82, 2.24) is 5.32 Å². The van der Waals surface area contributed by atoms with E-state index >= 15 is 0 Å². The van der Waals surface area contributed by atoms with E-state index in [1.165, 1.54) is 6.54 Å². The zero-order chi connectivity index (χ0) is 5.70. The summed E-state index contributed by atoms with van der Waals surface area (Å²) < 4.78 is 0. The number of aliphatic hydroxyl groups excluding tert-OH is 1. The van der Waals surface area contributed by atoms with Crippen LogP contribution in [0.1, 0.15) is 6.92 Å². The number of aliphatic hydroxyl groups is 1. The van der Waals surface area contributed by atoms with Gasteiger partial charge in [0.25, 0.3) is 0 Å². The summed E-state index contributed by atoms with van der Waals surface area (Å²) in [5.41, 5.74) is 0. The Morgan fingerprint density at radius 2 is 2.57 bits per heavy atom. The molecule has 0 spiro atoms. The second-order valence-corrected chi connectivity index (χ2v) is 1.01. The monoisotopic (exact) mass is 102 g/mol. The molecular formula is C4H8NO2. The Balaban J connectivity index is 3.00. The molecule has 41 valence electrons. The van der Waals surface area contributed by atoms with Gasteiger partial charge in [-0.25, -0.2) is 0 Å². The van der Waals surface area contributed by atoms with Crippen LogP contribution in [-0.2, 0) is 4.79 Å². The average Bonchev–Trinajstić information content (AvgIpc) is 1.68. The Kier molecular flexibility index (Phi) is 3.32. The maximum Gasteiger partial charge on any atom is 0.245 e. The van der Waals surface area contributed by atoms with Gasteiger partial charge in [0.05, 0.1) is 0 Å². The Bertz CT molecular complexity index is 62.7. The van der Waals surface area contributed by atoms with Crippen molar-refractivity contribution in [2.24, 2.45) is 0 Å². The van der Waals surface area contributed by atoms with E-state index in [1.54, 1.807) is 6.92 Å². The van der Waals surface area contributed by atoms with Gasteiger partial charge in [-0.15, -0.1) is 0 Å². The minimum absolute atomic E-state index is 0.373. The van der Waals surface area contributed by atoms with Crippen LogP contribution in [0.4, 0.5) is 0 Å². The summed E-state index contributed by atoms with van der Waals surface area (Å²) in [4.78, 5) is 10.0. The van der Waals surface area contributed by atoms with Crippen LogP contribution >= 0.6 is 0 Å². The largest absolute Gasteiger partial charge is 0.387 e. The van der Waals surface area contributed by atoms with Crippen molar-refractivity contribution in [1.29, 1.82) is 0 Å². The van der Waals surface area contributed by atoms with Crippen molar-refractivity contribution in [3.63, 3.8) is 0 Å². The zero-order valence-electron chi connectivity index (χ0n) is 4.14. The molecule has 0 aromatic rings. The number of amides is 1. The molecule has 1 amide bonds. The highest BCUT2D eigenvalue weighted by atomic mass is 16.3. The highest BCUT2D eigenvalue weighted by Gasteiger charge is 1.90. The molecule has 7 heavy (non-hydrogen) atoms. The van der Waals surface area contributed by atoms with Crippen LogP contribution in [0.3, 0.4) is 0 Å². The van der Waals surface area contributed by atoms with Gasteiger partial charge in [0.2, 0.25) is 5.91 Å². The fourth-order valence-electron chi connectivity index (χ4n) is 0.207. The molecule has 0 aliphatic carbocycles. The van der Waals surface area contributed by atoms with Gasteiger partial charge < -0.3 is 10.4 Å². The summed E-state index contributed by atoms with van der Waals surface area (Å²) in [6, 6.07) is 0. The Hall–Kier alpha value is -0.570. The predicted molar refractivity (Wildman–Crippen MR) is 25.2 cm³/mol. The molecule has 0 saturated carbocycles. The van der Waals surface area contributed by atoms with Gasteiger partial charge in [0.15, 0.2) is 0 Å². The first-order valence-electron chi connectivity index (χ1n) is 1.99. The Morgan fingerprint density at radius 1 is 2.00 bits per heavy atom. The highest BCUT2D eigenvalue weighted by molar-refractivity contribution is 5.77. The highest BCUT2D eigenvalue weighted by Crippen LogP contribution is 1.63. The third-order valence-corrected chi connectivity index (χ3v) is 0.449. The normalized spacial score (nSPS) is 8.29. The minimum Gasteiger partial charge on any atom is -0.387 e. The first-order valence-corrected chi connectivity index (χ1v) is 1.99. The molecule has 1 radical (unpaired) electrons. The predicted octanol–water partition coefficient (Wildman–Crippen LogP) is -0.723. The molecule has 0 aromatic carbocycles. The lowest BCUT2D eigenvalue weighted by Crippen LogP contribution is -2.22. The number of hydrogen-bond donors (Lipinski definition) is 2. The van der Waals surface area contributed by atoms with E-state index in [-0.39, 0.29) is 5.91 Å².